The average Bonchev–Trinajstić information content (AvgIpc) is 1.67. The first-order valence-corrected chi connectivity index (χ1v) is 40.7. The Morgan fingerprint density at radius 2 is 0.798 bits per heavy atom. The van der Waals surface area contributed by atoms with Crippen LogP contribution in [0.4, 0.5) is 0 Å². The van der Waals surface area contributed by atoms with Crippen LogP contribution in [0.25, 0.3) is 73.2 Å². The van der Waals surface area contributed by atoms with E-state index >= 15 is 0 Å². The van der Waals surface area contributed by atoms with Crippen LogP contribution in [0.15, 0.2) is 248 Å². The van der Waals surface area contributed by atoms with Crippen LogP contribution < -0.4 is 34.9 Å². The number of hydrogen-bond donors (Lipinski definition) is 4. The first kappa shape index (κ1) is 87.8. The highest BCUT2D eigenvalue weighted by Gasteiger charge is 2.20. The predicted octanol–water partition coefficient (Wildman–Crippen LogP) is 15.4. The Kier molecular flexibility index (Phi) is 31.3. The summed E-state index contributed by atoms with van der Waals surface area (Å²) in [6.07, 6.45) is 34.0. The van der Waals surface area contributed by atoms with Crippen molar-refractivity contribution >= 4 is 84.0 Å². The molecule has 0 fully saturated rings. The smallest absolute Gasteiger partial charge is 0.481 e. The highest BCUT2D eigenvalue weighted by molar-refractivity contribution is 9.10. The van der Waals surface area contributed by atoms with Gasteiger partial charge in [0.25, 0.3) is 0 Å². The van der Waals surface area contributed by atoms with Crippen molar-refractivity contribution in [3.8, 4) is 79.8 Å². The van der Waals surface area contributed by atoms with Crippen molar-refractivity contribution in [2.45, 2.75) is 92.0 Å². The minimum absolute atomic E-state index is 0.282. The lowest BCUT2D eigenvalue weighted by Crippen LogP contribution is -2.32. The van der Waals surface area contributed by atoms with Gasteiger partial charge >= 0.3 is 7.12 Å². The quantitative estimate of drug-likeness (QED) is 0.0515. The third kappa shape index (κ3) is 23.7. The first-order chi connectivity index (χ1) is 57.5. The van der Waals surface area contributed by atoms with Gasteiger partial charge in [0.2, 0.25) is 23.5 Å². The van der Waals surface area contributed by atoms with Gasteiger partial charge in [0, 0.05) is 152 Å². The summed E-state index contributed by atoms with van der Waals surface area (Å²) in [5.41, 5.74) is 29.2. The van der Waals surface area contributed by atoms with E-state index in [4.69, 9.17) is 51.3 Å². The molecule has 1 unspecified atom stereocenters. The number of halogens is 3. The van der Waals surface area contributed by atoms with E-state index < -0.39 is 18.1 Å². The van der Waals surface area contributed by atoms with Crippen molar-refractivity contribution in [3.63, 3.8) is 0 Å². The molecule has 31 heteroatoms. The molecule has 608 valence electrons. The Hall–Kier alpha value is -12.0. The van der Waals surface area contributed by atoms with Crippen molar-refractivity contribution in [2.24, 2.45) is 5.73 Å². The molecule has 26 nitrogen and oxygen atoms in total. The molecular weight excluding hydrogens is 1670 g/mol. The third-order valence-corrected chi connectivity index (χ3v) is 21.3. The number of pyridine rings is 8. The molecule has 14 heterocycles. The molecule has 5 N–H and O–H groups in total. The maximum Gasteiger partial charge on any atom is 0.488 e. The summed E-state index contributed by atoms with van der Waals surface area (Å²) in [4.78, 5) is 61.0. The van der Waals surface area contributed by atoms with Gasteiger partial charge in [-0.3, -0.25) is 43.1 Å². The number of aromatic nitrogens is 17. The molecule has 119 heavy (non-hydrogen) atoms. The topological polar surface area (TPSA) is 326 Å². The number of fused-ring (bicyclic) bond motifs is 3. The van der Waals surface area contributed by atoms with Crippen LogP contribution in [0.1, 0.15) is 76.7 Å². The second kappa shape index (κ2) is 42.4. The largest absolute Gasteiger partial charge is 0.488 e. The summed E-state index contributed by atoms with van der Waals surface area (Å²) >= 11 is 12.6. The van der Waals surface area contributed by atoms with Gasteiger partial charge in [-0.15, -0.1) is 0 Å². The molecule has 0 amide bonds. The Morgan fingerprint density at radius 1 is 0.429 bits per heavy atom. The van der Waals surface area contributed by atoms with Gasteiger partial charge in [0.05, 0.1) is 103 Å². The van der Waals surface area contributed by atoms with Gasteiger partial charge in [-0.05, 0) is 180 Å². The van der Waals surface area contributed by atoms with E-state index in [1.807, 2.05) is 160 Å². The highest BCUT2D eigenvalue weighted by Crippen LogP contribution is 2.31. The van der Waals surface area contributed by atoms with Crippen LogP contribution in [0.5, 0.6) is 23.5 Å². The van der Waals surface area contributed by atoms with E-state index in [1.54, 1.807) is 115 Å². The molecule has 0 radical (unpaired) electrons. The number of methoxy groups -OCH3 is 4. The summed E-state index contributed by atoms with van der Waals surface area (Å²) in [7, 11) is 3.99. The van der Waals surface area contributed by atoms with Crippen LogP contribution in [0.2, 0.25) is 5.15 Å². The van der Waals surface area contributed by atoms with Crippen LogP contribution in [-0.2, 0) is 49.8 Å². The third-order valence-electron chi connectivity index (χ3n) is 18.4. The lowest BCUT2D eigenvalue weighted by molar-refractivity contribution is 0.398. The van der Waals surface area contributed by atoms with Crippen molar-refractivity contribution in [1.29, 1.82) is 0 Å². The normalized spacial score (nSPS) is 11.1. The van der Waals surface area contributed by atoms with E-state index in [0.29, 0.717) is 52.9 Å². The van der Waals surface area contributed by atoms with Gasteiger partial charge in [-0.25, -0.2) is 48.8 Å². The maximum absolute atomic E-state index is 12.0. The van der Waals surface area contributed by atoms with Gasteiger partial charge in [0.1, 0.15) is 9.21 Å². The summed E-state index contributed by atoms with van der Waals surface area (Å²) in [5, 5.41) is 17.6. The van der Waals surface area contributed by atoms with Crippen molar-refractivity contribution in [3.05, 3.63) is 309 Å². The van der Waals surface area contributed by atoms with Crippen molar-refractivity contribution < 1.29 is 33.2 Å². The Bertz CT molecular complexity index is 6090. The molecule has 0 bridgehead atoms. The monoisotopic (exact) mass is 1760 g/mol. The molecule has 16 aromatic rings. The minimum atomic E-state index is -1.34. The number of ether oxygens (including phenoxy) is 4. The van der Waals surface area contributed by atoms with Crippen molar-refractivity contribution in [2.75, 3.05) is 28.4 Å². The summed E-state index contributed by atoms with van der Waals surface area (Å²) in [6, 6.07) is 42.7. The Balaban J connectivity index is 0.000000146. The number of nitrogens with one attached hydrogen (secondary N) is 1. The van der Waals surface area contributed by atoms with Crippen LogP contribution >= 0.6 is 43.5 Å². The zero-order valence-corrected chi connectivity index (χ0v) is 72.2. The van der Waals surface area contributed by atoms with Crippen molar-refractivity contribution in [1.82, 2.24) is 87.7 Å². The number of rotatable bonds is 20. The summed E-state index contributed by atoms with van der Waals surface area (Å²) in [5.74, 6) is 2.32. The SMILES string of the molecule is COc1cc(-c2ncc(CCc3nccn4c(-c5ccccc5)cnc34)cc2C)ccn1.COc1cc(-c2ncc(CCc3nccn4c(Br)cnc34)cc2C)ccn1.COc1cc(-c2ncc(CN)cc2C)ccn1.COc1cc(-c2ncc(CNS(=O)C(C)(C)C)cc2C)ccn1.Clc1nccn2c(Br)cnc12.OB(O)c1ccccc1. The van der Waals surface area contributed by atoms with Crippen LogP contribution in [0, 0.1) is 27.7 Å². The molecule has 14 aromatic heterocycles. The van der Waals surface area contributed by atoms with Crippen LogP contribution in [0.3, 0.4) is 0 Å². The fourth-order valence-corrected chi connectivity index (χ4v) is 14.1. The second-order valence-electron chi connectivity index (χ2n) is 27.8. The molecule has 1 atom stereocenters. The van der Waals surface area contributed by atoms with Gasteiger partial charge < -0.3 is 34.7 Å². The average molecular weight is 1760 g/mol. The summed E-state index contributed by atoms with van der Waals surface area (Å²) < 4.78 is 43.2. The lowest BCUT2D eigenvalue weighted by Gasteiger charge is -2.18. The molecule has 0 aliphatic heterocycles. The van der Waals surface area contributed by atoms with E-state index in [-0.39, 0.29) is 4.75 Å². The van der Waals surface area contributed by atoms with Crippen LogP contribution in [-0.4, -0.2) is 138 Å². The highest BCUT2D eigenvalue weighted by atomic mass is 79.9. The fraction of sp³-hybridized carbons (Fsp3) is 0.205. The van der Waals surface area contributed by atoms with E-state index in [1.165, 1.54) is 11.1 Å². The molecule has 0 saturated heterocycles. The second-order valence-corrected chi connectivity index (χ2v) is 31.8. The lowest BCUT2D eigenvalue weighted by atomic mass is 9.81. The van der Waals surface area contributed by atoms with Gasteiger partial charge in [0.15, 0.2) is 22.1 Å². The zero-order valence-electron chi connectivity index (χ0n) is 67.5. The molecule has 2 aromatic carbocycles. The van der Waals surface area contributed by atoms with Gasteiger partial charge in [-0.2, -0.15) is 0 Å². The molecule has 16 rings (SSSR count). The number of hydrogen-bond acceptors (Lipinski definition) is 22. The van der Waals surface area contributed by atoms with E-state index in [9.17, 15) is 4.21 Å². The number of benzene rings is 2. The fourth-order valence-electron chi connectivity index (χ4n) is 12.4. The number of imidazole rings is 3. The maximum atomic E-state index is 12.0. The van der Waals surface area contributed by atoms with E-state index in [2.05, 4.69) is 156 Å². The Labute approximate surface area is 715 Å². The summed E-state index contributed by atoms with van der Waals surface area (Å²) in [6.45, 7) is 15.1. The number of nitrogens with zero attached hydrogens (tertiary/aromatic N) is 17. The minimum Gasteiger partial charge on any atom is -0.481 e. The number of aryl methyl sites for hydroxylation is 8. The first-order valence-electron chi connectivity index (χ1n) is 37.6. The molecule has 0 spiro atoms. The molecular formula is C88H89BBr2ClN19O7S. The number of nitrogens with two attached hydrogens (primary N) is 1. The predicted molar refractivity (Wildman–Crippen MR) is 474 cm³/mol. The molecule has 0 aliphatic rings. The molecule has 0 aliphatic carbocycles. The Morgan fingerprint density at radius 3 is 1.20 bits per heavy atom. The standard InChI is InChI=1S/C26H23N5O.C20H18BrN5O.C17H23N3O2S.C13H15N3O.C6H7BO2.C6H3BrClN3/c1-18-14-19(16-29-25(18)21-10-11-28-24(15-21)32-2)8-9-22-26-30-17-23(31(26)13-12-27-22)20-6-4-3-5-7-20;1-13-9-14(11-24-19(13)15-5-6-23-18(10-15)27-2)3-4-16-20-25-12-17(21)26(20)8-7-22-16;1-12-8-13(11-20-23(21)17(2,3)4)10-19-16(12)14-6-7-18-15(9-14)22-5;1-9-5-10(7-14)8-16-13(9)11-3-4-15-12(6-11)17-2;8-7(9)6-4-2-1-3-5-6;7-4-3-10-6-5(8)9-1-2-11(4)6/h3-7,10-17H,8-9H2,1-2H3;5-12H,3-4H2,1-2H3;6-10,20H,11H2,1-5H3;3-6,8H,7,14H2,1-2H3;1-5,8-9H;1-3H. The zero-order chi connectivity index (χ0) is 84.5. The molecule has 0 saturated carbocycles. The van der Waals surface area contributed by atoms with E-state index in [0.717, 1.165) is 147 Å². The van der Waals surface area contributed by atoms with Gasteiger partial charge in [-0.1, -0.05) is 96.5 Å².